The third-order valence-corrected chi connectivity index (χ3v) is 14.2. The van der Waals surface area contributed by atoms with Gasteiger partial charge in [-0.15, -0.1) is 24.7 Å². The number of ether oxygens (including phenoxy) is 2. The average Bonchev–Trinajstić information content (AvgIpc) is 3.35. The van der Waals surface area contributed by atoms with Gasteiger partial charge in [0.05, 0.1) is 37.3 Å². The van der Waals surface area contributed by atoms with E-state index in [9.17, 15) is 10.2 Å². The van der Waals surface area contributed by atoms with Crippen molar-refractivity contribution in [2.75, 3.05) is 40.4 Å². The molecular formula is C54H56CuN6O4. The van der Waals surface area contributed by atoms with Gasteiger partial charge < -0.3 is 19.7 Å². The van der Waals surface area contributed by atoms with E-state index in [-0.39, 0.29) is 52.7 Å². The summed E-state index contributed by atoms with van der Waals surface area (Å²) in [6, 6.07) is 30.6. The van der Waals surface area contributed by atoms with Gasteiger partial charge in [0.25, 0.3) is 0 Å². The Hall–Kier alpha value is -5.84. The summed E-state index contributed by atoms with van der Waals surface area (Å²) in [6.07, 6.45) is 16.0. The topological polar surface area (TPSA) is 122 Å². The molecule has 2 unspecified atom stereocenters. The number of benzene rings is 4. The molecule has 4 bridgehead atoms. The molecule has 6 saturated heterocycles. The SMILES string of the molecule is C=C[C@@H]1CN2CC[C@H]1C[C@H]2[C@@H](N=Cc1ccccc1[O-])c1ccnc2ccc(OC)cc12.C=C[C@@H]1CN2CC[C@H]1C[C@H]2[C@@H](N=Cc1ccccc1[O-])c1ccnc2ccc(OC)cc12.[Cu+2]. The largest absolute Gasteiger partial charge is 2.00 e. The molecule has 0 spiro atoms. The van der Waals surface area contributed by atoms with Crippen molar-refractivity contribution in [1.29, 1.82) is 0 Å². The number of pyridine rings is 2. The van der Waals surface area contributed by atoms with Gasteiger partial charge in [-0.1, -0.05) is 60.7 Å². The van der Waals surface area contributed by atoms with E-state index in [1.807, 2.05) is 73.1 Å². The molecule has 0 N–H and O–H groups in total. The third-order valence-electron chi connectivity index (χ3n) is 14.2. The van der Waals surface area contributed by atoms with Crippen LogP contribution in [0.15, 0.2) is 145 Å². The van der Waals surface area contributed by atoms with Crippen LogP contribution in [0.3, 0.4) is 0 Å². The maximum absolute atomic E-state index is 12.3. The molecule has 10 nitrogen and oxygen atoms in total. The molecule has 11 heteroatoms. The molecule has 0 amide bonds. The second-order valence-corrected chi connectivity index (χ2v) is 17.6. The van der Waals surface area contributed by atoms with Crippen molar-refractivity contribution >= 4 is 34.2 Å². The second kappa shape index (κ2) is 20.6. The van der Waals surface area contributed by atoms with Crippen molar-refractivity contribution in [3.8, 4) is 23.0 Å². The summed E-state index contributed by atoms with van der Waals surface area (Å²) in [6.45, 7) is 12.3. The molecule has 8 heterocycles. The van der Waals surface area contributed by atoms with Crippen LogP contribution in [-0.2, 0) is 17.1 Å². The fraction of sp³-hybridized carbons (Fsp3) is 0.333. The molecule has 0 saturated carbocycles. The number of aliphatic imine (C=N–C) groups is 2. The Morgan fingerprint density at radius 1 is 0.631 bits per heavy atom. The van der Waals surface area contributed by atoms with Gasteiger partial charge in [0.15, 0.2) is 0 Å². The monoisotopic (exact) mass is 915 g/mol. The van der Waals surface area contributed by atoms with E-state index in [0.29, 0.717) is 34.8 Å². The second-order valence-electron chi connectivity index (χ2n) is 17.6. The molecule has 6 fully saturated rings. The van der Waals surface area contributed by atoms with Crippen LogP contribution >= 0.6 is 0 Å². The Bertz CT molecular complexity index is 2510. The maximum Gasteiger partial charge on any atom is 2.00 e. The Morgan fingerprint density at radius 3 is 1.43 bits per heavy atom. The molecule has 4 aromatic carbocycles. The van der Waals surface area contributed by atoms with Gasteiger partial charge in [-0.2, -0.15) is 0 Å². The van der Waals surface area contributed by atoms with Crippen LogP contribution in [0.1, 0.15) is 60.0 Å². The van der Waals surface area contributed by atoms with Crippen LogP contribution in [0, 0.1) is 23.7 Å². The normalized spacial score (nSPS) is 25.4. The molecule has 6 aliphatic heterocycles. The van der Waals surface area contributed by atoms with Crippen LogP contribution in [0.25, 0.3) is 21.8 Å². The molecule has 0 aliphatic carbocycles. The number of piperidine rings is 6. The fourth-order valence-electron chi connectivity index (χ4n) is 10.7. The zero-order valence-corrected chi connectivity index (χ0v) is 38.0. The van der Waals surface area contributed by atoms with Crippen LogP contribution in [0.4, 0.5) is 0 Å². The summed E-state index contributed by atoms with van der Waals surface area (Å²) < 4.78 is 11.0. The third kappa shape index (κ3) is 9.61. The molecule has 1 radical (unpaired) electrons. The molecule has 2 aromatic heterocycles. The number of hydrogen-bond donors (Lipinski definition) is 0. The first kappa shape index (κ1) is 45.7. The molecule has 12 rings (SSSR count). The van der Waals surface area contributed by atoms with Gasteiger partial charge >= 0.3 is 17.1 Å². The first-order valence-electron chi connectivity index (χ1n) is 22.5. The Balaban J connectivity index is 0.000000175. The Kier molecular flexibility index (Phi) is 14.5. The molecule has 6 aromatic rings. The van der Waals surface area contributed by atoms with E-state index in [4.69, 9.17) is 19.5 Å². The number of hydrogen-bond acceptors (Lipinski definition) is 10. The summed E-state index contributed by atoms with van der Waals surface area (Å²) in [5.74, 6) is 3.95. The first-order valence-corrected chi connectivity index (χ1v) is 22.5. The van der Waals surface area contributed by atoms with Gasteiger partial charge in [0.1, 0.15) is 11.5 Å². The van der Waals surface area contributed by atoms with Crippen molar-refractivity contribution in [2.24, 2.45) is 33.7 Å². The summed E-state index contributed by atoms with van der Waals surface area (Å²) >= 11 is 0. The standard InChI is InChI=1S/2C27H29N3O2.Cu/c2*1-3-18-17-30-13-11-19(18)14-25(30)27(29-16-20-6-4-5-7-26(20)31)22-10-12-28-24-9-8-21(32-2)15-23(22)24;/h2*3-10,12,15-16,18-19,25,27,31H,1,11,13-14,17H2,2H3;/q;;+2/p-2/t2*18-,19+,25+,27+;/m11./s1. The number of aromatic nitrogens is 2. The van der Waals surface area contributed by atoms with Gasteiger partial charge in [-0.3, -0.25) is 29.8 Å². The number of nitrogens with zero attached hydrogens (tertiary/aromatic N) is 6. The van der Waals surface area contributed by atoms with Gasteiger partial charge in [-0.25, -0.2) is 0 Å². The molecule has 337 valence electrons. The van der Waals surface area contributed by atoms with Crippen molar-refractivity contribution in [3.63, 3.8) is 0 Å². The number of fused-ring (bicyclic) bond motifs is 8. The number of methoxy groups -OCH3 is 2. The molecule has 10 atom stereocenters. The van der Waals surface area contributed by atoms with Crippen LogP contribution in [0.2, 0.25) is 0 Å². The molecule has 65 heavy (non-hydrogen) atoms. The van der Waals surface area contributed by atoms with Crippen LogP contribution in [0.5, 0.6) is 23.0 Å². The van der Waals surface area contributed by atoms with E-state index < -0.39 is 0 Å². The average molecular weight is 917 g/mol. The van der Waals surface area contributed by atoms with E-state index in [0.717, 1.165) is 83.5 Å². The molecular weight excluding hydrogens is 860 g/mol. The van der Waals surface area contributed by atoms with Crippen molar-refractivity contribution in [2.45, 2.75) is 49.9 Å². The summed E-state index contributed by atoms with van der Waals surface area (Å²) in [5, 5.41) is 26.7. The van der Waals surface area contributed by atoms with Gasteiger partial charge in [0.2, 0.25) is 0 Å². The minimum atomic E-state index is -0.0965. The van der Waals surface area contributed by atoms with Crippen LogP contribution < -0.4 is 19.7 Å². The minimum Gasteiger partial charge on any atom is -0.872 e. The smallest absolute Gasteiger partial charge is 0.872 e. The quantitative estimate of drug-likeness (QED) is 0.0679. The number of para-hydroxylation sites is 2. The zero-order valence-electron chi connectivity index (χ0n) is 37.0. The Morgan fingerprint density at radius 2 is 1.06 bits per heavy atom. The van der Waals surface area contributed by atoms with Gasteiger partial charge in [0, 0.05) is 60.8 Å². The summed E-state index contributed by atoms with van der Waals surface area (Å²) in [5.41, 5.74) is 5.34. The minimum absolute atomic E-state index is 0. The Labute approximate surface area is 392 Å². The summed E-state index contributed by atoms with van der Waals surface area (Å²) in [4.78, 5) is 24.4. The van der Waals surface area contributed by atoms with Gasteiger partial charge in [-0.05, 0) is 133 Å². The van der Waals surface area contributed by atoms with E-state index in [1.165, 1.54) is 12.8 Å². The van der Waals surface area contributed by atoms with E-state index in [1.54, 1.807) is 50.9 Å². The van der Waals surface area contributed by atoms with E-state index >= 15 is 0 Å². The first-order chi connectivity index (χ1) is 31.3. The zero-order chi connectivity index (χ0) is 44.2. The van der Waals surface area contributed by atoms with E-state index in [2.05, 4.69) is 57.2 Å². The predicted octanol–water partition coefficient (Wildman–Crippen LogP) is 8.74. The van der Waals surface area contributed by atoms with Crippen LogP contribution in [-0.4, -0.2) is 84.7 Å². The fourth-order valence-corrected chi connectivity index (χ4v) is 10.7. The maximum atomic E-state index is 12.3. The molecule has 6 aliphatic rings. The van der Waals surface area contributed by atoms with Crippen molar-refractivity contribution in [3.05, 3.63) is 157 Å². The summed E-state index contributed by atoms with van der Waals surface area (Å²) in [7, 11) is 3.36. The predicted molar refractivity (Wildman–Crippen MR) is 253 cm³/mol. The van der Waals surface area contributed by atoms with Crippen molar-refractivity contribution in [1.82, 2.24) is 19.8 Å². The van der Waals surface area contributed by atoms with Crippen molar-refractivity contribution < 1.29 is 36.8 Å². The number of rotatable bonds is 12.